The molecule has 9 heteroatoms. The molecule has 0 aromatic heterocycles. The van der Waals surface area contributed by atoms with E-state index >= 15 is 0 Å². The van der Waals surface area contributed by atoms with Crippen molar-refractivity contribution in [3.05, 3.63) is 71.8 Å². The number of nitrogens with zero attached hydrogens (tertiary/aromatic N) is 2. The number of benzene rings is 2. The highest BCUT2D eigenvalue weighted by atomic mass is 19.5. The van der Waals surface area contributed by atoms with Gasteiger partial charge in [0.15, 0.2) is 0 Å². The third kappa shape index (κ3) is 7.14. The molecule has 1 aliphatic rings. The molecule has 1 aliphatic heterocycles. The van der Waals surface area contributed by atoms with Gasteiger partial charge in [-0.05, 0) is 25.0 Å². The second-order valence-corrected chi connectivity index (χ2v) is 7.28. The van der Waals surface area contributed by atoms with Gasteiger partial charge < -0.3 is 27.5 Å². The zero-order valence-corrected chi connectivity index (χ0v) is 17.0. The van der Waals surface area contributed by atoms with E-state index in [4.69, 9.17) is 0 Å². The van der Waals surface area contributed by atoms with Crippen molar-refractivity contribution in [2.75, 3.05) is 13.1 Å². The van der Waals surface area contributed by atoms with Crippen molar-refractivity contribution >= 4 is 13.6 Å². The van der Waals surface area contributed by atoms with Gasteiger partial charge in [0.25, 0.3) is 0 Å². The summed E-state index contributed by atoms with van der Waals surface area (Å²) in [6.07, 6.45) is 0.978. The lowest BCUT2D eigenvalue weighted by atomic mass is 10.0. The molecule has 0 spiro atoms. The van der Waals surface area contributed by atoms with Crippen LogP contribution in [0.25, 0.3) is 0 Å². The Morgan fingerprint density at radius 1 is 0.833 bits per heavy atom. The van der Waals surface area contributed by atoms with Crippen LogP contribution in [0.2, 0.25) is 0 Å². The second kappa shape index (κ2) is 10.6. The molecule has 0 fully saturated rings. The minimum atomic E-state index is -6.00. The highest BCUT2D eigenvalue weighted by Crippen LogP contribution is 2.23. The molecule has 0 bridgehead atoms. The van der Waals surface area contributed by atoms with Crippen molar-refractivity contribution in [3.8, 4) is 0 Å². The minimum absolute atomic E-state index is 0.0199. The smallest absolute Gasteiger partial charge is 0.418 e. The van der Waals surface area contributed by atoms with E-state index in [1.165, 1.54) is 0 Å². The summed E-state index contributed by atoms with van der Waals surface area (Å²) in [5.41, 5.74) is 1.86. The van der Waals surface area contributed by atoms with Crippen LogP contribution in [0.15, 0.2) is 60.7 Å². The van der Waals surface area contributed by atoms with Gasteiger partial charge in [-0.1, -0.05) is 60.7 Å². The molecule has 0 amide bonds. The standard InChI is InChI=1S/C21H27N2O2.BF4/c1-16(20(24)18-9-5-3-6-10-18)22-13-14-23(15-22)17(2)21(25)19-11-7-4-8-12-19;2-1(3,4)5/h3-12,15-17,20-21,24-25H,13-14H2,1-2H3;/q+1;-1/t16-,17-,20-,21-;/m1./s1. The summed E-state index contributed by atoms with van der Waals surface area (Å²) >= 11 is 0. The number of halogens is 4. The lowest BCUT2D eigenvalue weighted by Crippen LogP contribution is -2.35. The van der Waals surface area contributed by atoms with Gasteiger partial charge in [-0.2, -0.15) is 0 Å². The van der Waals surface area contributed by atoms with Crippen LogP contribution in [0.5, 0.6) is 0 Å². The largest absolute Gasteiger partial charge is 0.673 e. The molecule has 1 heterocycles. The Kier molecular flexibility index (Phi) is 8.43. The van der Waals surface area contributed by atoms with Gasteiger partial charge >= 0.3 is 7.25 Å². The Balaban J connectivity index is 0.000000575. The molecule has 2 N–H and O–H groups in total. The predicted molar refractivity (Wildman–Crippen MR) is 110 cm³/mol. The number of aliphatic hydroxyl groups excluding tert-OH is 2. The summed E-state index contributed by atoms with van der Waals surface area (Å²) in [6.45, 7) is 5.76. The fourth-order valence-electron chi connectivity index (χ4n) is 3.37. The first-order chi connectivity index (χ1) is 14.1. The Bertz CT molecular complexity index is 800. The Morgan fingerprint density at radius 3 is 1.73 bits per heavy atom. The van der Waals surface area contributed by atoms with Crippen molar-refractivity contribution in [1.82, 2.24) is 4.90 Å². The summed E-state index contributed by atoms with van der Waals surface area (Å²) in [7, 11) is -6.00. The summed E-state index contributed by atoms with van der Waals surface area (Å²) in [5, 5.41) is 21.3. The van der Waals surface area contributed by atoms with Gasteiger partial charge in [0.1, 0.15) is 37.4 Å². The zero-order valence-electron chi connectivity index (χ0n) is 17.0. The Hall–Kier alpha value is -2.39. The molecule has 2 aromatic carbocycles. The summed E-state index contributed by atoms with van der Waals surface area (Å²) in [6, 6.07) is 19.5. The van der Waals surface area contributed by atoms with E-state index in [2.05, 4.69) is 9.48 Å². The maximum Gasteiger partial charge on any atom is 0.673 e. The van der Waals surface area contributed by atoms with Gasteiger partial charge in [-0.25, -0.2) is 0 Å². The van der Waals surface area contributed by atoms with E-state index < -0.39 is 19.5 Å². The summed E-state index contributed by atoms with van der Waals surface area (Å²) in [5.74, 6) is 0. The van der Waals surface area contributed by atoms with Gasteiger partial charge in [0.2, 0.25) is 6.34 Å². The fraction of sp³-hybridized carbons (Fsp3) is 0.381. The third-order valence-electron chi connectivity index (χ3n) is 5.16. The van der Waals surface area contributed by atoms with Crippen LogP contribution in [0.4, 0.5) is 17.3 Å². The average Bonchev–Trinajstić information content (AvgIpc) is 3.22. The molecule has 0 radical (unpaired) electrons. The van der Waals surface area contributed by atoms with Crippen LogP contribution in [0.1, 0.15) is 37.2 Å². The van der Waals surface area contributed by atoms with Crippen molar-refractivity contribution in [1.29, 1.82) is 0 Å². The Labute approximate surface area is 174 Å². The van der Waals surface area contributed by atoms with E-state index in [1.54, 1.807) is 0 Å². The number of hydrogen-bond donors (Lipinski definition) is 2. The van der Waals surface area contributed by atoms with Crippen LogP contribution in [0.3, 0.4) is 0 Å². The first-order valence-electron chi connectivity index (χ1n) is 9.77. The monoisotopic (exact) mass is 426 g/mol. The molecule has 4 atom stereocenters. The fourth-order valence-corrected chi connectivity index (χ4v) is 3.37. The molecule has 2 aromatic rings. The maximum atomic E-state index is 10.6. The second-order valence-electron chi connectivity index (χ2n) is 7.28. The Morgan fingerprint density at radius 2 is 1.27 bits per heavy atom. The highest BCUT2D eigenvalue weighted by Gasteiger charge is 2.34. The predicted octanol–water partition coefficient (Wildman–Crippen LogP) is 3.89. The number of aliphatic hydroxyl groups is 2. The summed E-state index contributed by atoms with van der Waals surface area (Å²) < 4.78 is 41.2. The lowest BCUT2D eigenvalue weighted by molar-refractivity contribution is -0.561. The van der Waals surface area contributed by atoms with E-state index in [0.717, 1.165) is 24.2 Å². The van der Waals surface area contributed by atoms with Crippen molar-refractivity contribution in [2.45, 2.75) is 38.1 Å². The van der Waals surface area contributed by atoms with E-state index in [1.807, 2.05) is 80.8 Å². The zero-order chi connectivity index (χ0) is 22.3. The van der Waals surface area contributed by atoms with E-state index in [9.17, 15) is 27.5 Å². The third-order valence-corrected chi connectivity index (χ3v) is 5.16. The SMILES string of the molecule is C[C@H]([C@@H](O)c1ccccc1)N1C=[N+]([C@H](C)[C@@H](O)c2ccccc2)CC1.F[B-](F)(F)F. The van der Waals surface area contributed by atoms with Crippen LogP contribution in [-0.4, -0.2) is 58.5 Å². The molecular weight excluding hydrogens is 399 g/mol. The molecule has 0 saturated heterocycles. The van der Waals surface area contributed by atoms with Gasteiger partial charge in [-0.15, -0.1) is 0 Å². The highest BCUT2D eigenvalue weighted by molar-refractivity contribution is 6.50. The topological polar surface area (TPSA) is 46.7 Å². The summed E-state index contributed by atoms with van der Waals surface area (Å²) in [4.78, 5) is 2.16. The van der Waals surface area contributed by atoms with Crippen LogP contribution in [-0.2, 0) is 0 Å². The maximum absolute atomic E-state index is 10.6. The van der Waals surface area contributed by atoms with Crippen LogP contribution in [0, 0.1) is 0 Å². The van der Waals surface area contributed by atoms with Crippen molar-refractivity contribution in [2.24, 2.45) is 0 Å². The minimum Gasteiger partial charge on any atom is -0.418 e. The van der Waals surface area contributed by atoms with Gasteiger partial charge in [0, 0.05) is 0 Å². The first-order valence-corrected chi connectivity index (χ1v) is 9.77. The van der Waals surface area contributed by atoms with E-state index in [0.29, 0.717) is 0 Å². The lowest BCUT2D eigenvalue weighted by Gasteiger charge is -2.22. The molecule has 4 nitrogen and oxygen atoms in total. The number of hydrogen-bond acceptors (Lipinski definition) is 3. The average molecular weight is 426 g/mol. The molecule has 3 rings (SSSR count). The molecular formula is C21H27BF4N2O2. The molecule has 0 aliphatic carbocycles. The van der Waals surface area contributed by atoms with Crippen LogP contribution >= 0.6 is 0 Å². The molecule has 0 unspecified atom stereocenters. The first kappa shape index (κ1) is 23.9. The van der Waals surface area contributed by atoms with E-state index in [-0.39, 0.29) is 12.1 Å². The molecule has 30 heavy (non-hydrogen) atoms. The van der Waals surface area contributed by atoms with Crippen molar-refractivity contribution in [3.63, 3.8) is 0 Å². The normalized spacial score (nSPS) is 18.0. The van der Waals surface area contributed by atoms with Crippen molar-refractivity contribution < 1.29 is 32.1 Å². The van der Waals surface area contributed by atoms with Gasteiger partial charge in [-0.3, -0.25) is 9.48 Å². The molecule has 0 saturated carbocycles. The van der Waals surface area contributed by atoms with Crippen LogP contribution < -0.4 is 0 Å². The quantitative estimate of drug-likeness (QED) is 0.419. The number of rotatable bonds is 6. The molecule has 164 valence electrons. The van der Waals surface area contributed by atoms with Gasteiger partial charge in [0.05, 0.1) is 0 Å².